The number of methoxy groups -OCH3 is 2. The molecule has 7 nitrogen and oxygen atoms in total. The van der Waals surface area contributed by atoms with Gasteiger partial charge in [0, 0.05) is 6.54 Å². The van der Waals surface area contributed by atoms with Crippen LogP contribution in [0.5, 0.6) is 11.5 Å². The van der Waals surface area contributed by atoms with Gasteiger partial charge >= 0.3 is 6.03 Å². The molecule has 2 aromatic carbocycles. The van der Waals surface area contributed by atoms with Gasteiger partial charge in [-0.2, -0.15) is 5.26 Å². The molecule has 0 bridgehead atoms. The molecule has 1 heterocycles. The van der Waals surface area contributed by atoms with E-state index < -0.39 is 23.4 Å². The maximum Gasteiger partial charge on any atom is 0.325 e. The van der Waals surface area contributed by atoms with E-state index in [2.05, 4.69) is 11.4 Å². The predicted molar refractivity (Wildman–Crippen MR) is 102 cm³/mol. The highest BCUT2D eigenvalue weighted by molar-refractivity contribution is 6.09. The van der Waals surface area contributed by atoms with Crippen molar-refractivity contribution in [3.63, 3.8) is 0 Å². The minimum absolute atomic E-state index is 0.0230. The fraction of sp³-hybridized carbons (Fsp3) is 0.286. The summed E-state index contributed by atoms with van der Waals surface area (Å²) in [7, 11) is 3.11. The van der Waals surface area contributed by atoms with Crippen LogP contribution in [-0.4, -0.2) is 37.6 Å². The number of imide groups is 1. The van der Waals surface area contributed by atoms with E-state index in [9.17, 15) is 9.59 Å². The molecule has 28 heavy (non-hydrogen) atoms. The van der Waals surface area contributed by atoms with Crippen molar-refractivity contribution < 1.29 is 19.1 Å². The van der Waals surface area contributed by atoms with Crippen LogP contribution in [0.4, 0.5) is 4.79 Å². The summed E-state index contributed by atoms with van der Waals surface area (Å²) >= 11 is 0. The molecule has 1 fully saturated rings. The standard InChI is InChI=1S/C21H21N3O4/c1-14(12-22)13-24-19(25)21(23-20(24)26,15-4-8-17(27-2)9-5-15)16-6-10-18(28-3)11-7-16/h4-11,14H,13H2,1-3H3,(H,23,26)/t14-/m0/s1. The Morgan fingerprint density at radius 1 is 1.00 bits per heavy atom. The van der Waals surface area contributed by atoms with Gasteiger partial charge < -0.3 is 14.8 Å². The number of benzene rings is 2. The van der Waals surface area contributed by atoms with Crippen LogP contribution in [0.25, 0.3) is 0 Å². The van der Waals surface area contributed by atoms with Crippen molar-refractivity contribution in [2.24, 2.45) is 5.92 Å². The number of nitrogens with one attached hydrogen (secondary N) is 1. The third-order valence-electron chi connectivity index (χ3n) is 4.83. The molecule has 7 heteroatoms. The SMILES string of the molecule is COc1ccc(C2(c3ccc(OC)cc3)NC(=O)N(C[C@@H](C)C#N)C2=O)cc1. The van der Waals surface area contributed by atoms with Crippen LogP contribution < -0.4 is 14.8 Å². The summed E-state index contributed by atoms with van der Waals surface area (Å²) in [5, 5.41) is 12.0. The lowest BCUT2D eigenvalue weighted by Gasteiger charge is -2.28. The molecule has 0 radical (unpaired) electrons. The molecule has 1 atom stereocenters. The first-order chi connectivity index (χ1) is 13.5. The predicted octanol–water partition coefficient (Wildman–Crippen LogP) is 2.66. The highest BCUT2D eigenvalue weighted by atomic mass is 16.5. The normalized spacial score (nSPS) is 16.3. The zero-order chi connectivity index (χ0) is 20.3. The molecule has 3 rings (SSSR count). The highest BCUT2D eigenvalue weighted by Crippen LogP contribution is 2.37. The lowest BCUT2D eigenvalue weighted by atomic mass is 9.82. The van der Waals surface area contributed by atoms with Gasteiger partial charge in [0.1, 0.15) is 11.5 Å². The van der Waals surface area contributed by atoms with E-state index in [4.69, 9.17) is 14.7 Å². The Hall–Kier alpha value is -3.53. The van der Waals surface area contributed by atoms with Gasteiger partial charge in [0.2, 0.25) is 0 Å². The van der Waals surface area contributed by atoms with Crippen molar-refractivity contribution in [1.29, 1.82) is 5.26 Å². The van der Waals surface area contributed by atoms with Gasteiger partial charge in [-0.1, -0.05) is 24.3 Å². The van der Waals surface area contributed by atoms with Crippen molar-refractivity contribution in [2.75, 3.05) is 20.8 Å². The summed E-state index contributed by atoms with van der Waals surface area (Å²) < 4.78 is 10.4. The van der Waals surface area contributed by atoms with E-state index >= 15 is 0 Å². The van der Waals surface area contributed by atoms with E-state index in [1.165, 1.54) is 0 Å². The van der Waals surface area contributed by atoms with Crippen molar-refractivity contribution in [3.8, 4) is 17.6 Å². The van der Waals surface area contributed by atoms with Crippen LogP contribution in [0.3, 0.4) is 0 Å². The van der Waals surface area contributed by atoms with Crippen LogP contribution in [0.1, 0.15) is 18.1 Å². The van der Waals surface area contributed by atoms with Crippen LogP contribution in [0, 0.1) is 17.2 Å². The largest absolute Gasteiger partial charge is 0.497 e. The molecule has 1 saturated heterocycles. The van der Waals surface area contributed by atoms with E-state index in [0.29, 0.717) is 22.6 Å². The topological polar surface area (TPSA) is 91.7 Å². The second kappa shape index (κ2) is 7.61. The van der Waals surface area contributed by atoms with Crippen LogP contribution >= 0.6 is 0 Å². The number of carbonyl (C=O) groups excluding carboxylic acids is 2. The van der Waals surface area contributed by atoms with E-state index in [1.807, 2.05) is 0 Å². The zero-order valence-electron chi connectivity index (χ0n) is 15.9. The molecule has 1 aliphatic heterocycles. The summed E-state index contributed by atoms with van der Waals surface area (Å²) in [4.78, 5) is 27.2. The van der Waals surface area contributed by atoms with Gasteiger partial charge in [-0.15, -0.1) is 0 Å². The highest BCUT2D eigenvalue weighted by Gasteiger charge is 2.53. The molecular weight excluding hydrogens is 358 g/mol. The number of amides is 3. The summed E-state index contributed by atoms with van der Waals surface area (Å²) in [6, 6.07) is 15.5. The number of carbonyl (C=O) groups is 2. The molecule has 0 aromatic heterocycles. The average Bonchev–Trinajstić information content (AvgIpc) is 2.99. The molecule has 0 aliphatic carbocycles. The van der Waals surface area contributed by atoms with Crippen molar-refractivity contribution >= 4 is 11.9 Å². The lowest BCUT2D eigenvalue weighted by Crippen LogP contribution is -2.45. The van der Waals surface area contributed by atoms with Gasteiger partial charge in [-0.25, -0.2) is 4.79 Å². The summed E-state index contributed by atoms with van der Waals surface area (Å²) in [6.07, 6.45) is 0. The van der Waals surface area contributed by atoms with Gasteiger partial charge in [0.15, 0.2) is 5.54 Å². The van der Waals surface area contributed by atoms with Crippen LogP contribution in [0.2, 0.25) is 0 Å². The fourth-order valence-electron chi connectivity index (χ4n) is 3.30. The number of rotatable bonds is 6. The molecule has 0 saturated carbocycles. The van der Waals surface area contributed by atoms with Crippen LogP contribution in [-0.2, 0) is 10.3 Å². The van der Waals surface area contributed by atoms with Crippen LogP contribution in [0.15, 0.2) is 48.5 Å². The first-order valence-corrected chi connectivity index (χ1v) is 8.79. The number of hydrogen-bond acceptors (Lipinski definition) is 5. The van der Waals surface area contributed by atoms with Gasteiger partial charge in [-0.3, -0.25) is 9.69 Å². The first-order valence-electron chi connectivity index (χ1n) is 8.79. The molecule has 0 spiro atoms. The molecule has 2 aromatic rings. The van der Waals surface area contributed by atoms with E-state index in [-0.39, 0.29) is 6.54 Å². The average molecular weight is 379 g/mol. The monoisotopic (exact) mass is 379 g/mol. The Morgan fingerprint density at radius 2 is 1.46 bits per heavy atom. The van der Waals surface area contributed by atoms with E-state index in [1.54, 1.807) is 69.7 Å². The number of nitriles is 1. The Morgan fingerprint density at radius 3 is 1.86 bits per heavy atom. The minimum Gasteiger partial charge on any atom is -0.497 e. The van der Waals surface area contributed by atoms with Crippen molar-refractivity contribution in [2.45, 2.75) is 12.5 Å². The van der Waals surface area contributed by atoms with Gasteiger partial charge in [-0.05, 0) is 42.3 Å². The maximum absolute atomic E-state index is 13.5. The Kier molecular flexibility index (Phi) is 5.23. The number of urea groups is 1. The fourth-order valence-corrected chi connectivity index (χ4v) is 3.30. The van der Waals surface area contributed by atoms with E-state index in [0.717, 1.165) is 4.90 Å². The summed E-state index contributed by atoms with van der Waals surface area (Å²) in [5.74, 6) is 0.382. The molecule has 0 unspecified atom stereocenters. The molecule has 1 N–H and O–H groups in total. The van der Waals surface area contributed by atoms with Gasteiger partial charge in [0.05, 0.1) is 26.2 Å². The Labute approximate surface area is 163 Å². The minimum atomic E-state index is -1.38. The van der Waals surface area contributed by atoms with Crippen molar-refractivity contribution in [3.05, 3.63) is 59.7 Å². The third-order valence-corrected chi connectivity index (χ3v) is 4.83. The molecular formula is C21H21N3O4. The van der Waals surface area contributed by atoms with Gasteiger partial charge in [0.25, 0.3) is 5.91 Å². The zero-order valence-corrected chi connectivity index (χ0v) is 15.9. The maximum atomic E-state index is 13.5. The second-order valence-corrected chi connectivity index (χ2v) is 6.58. The Bertz CT molecular complexity index is 869. The Balaban J connectivity index is 2.13. The number of nitrogens with zero attached hydrogens (tertiary/aromatic N) is 2. The molecule has 3 amide bonds. The summed E-state index contributed by atoms with van der Waals surface area (Å²) in [5.41, 5.74) is -0.182. The van der Waals surface area contributed by atoms with Crippen molar-refractivity contribution in [1.82, 2.24) is 10.2 Å². The number of ether oxygens (including phenoxy) is 2. The molecule has 144 valence electrons. The lowest BCUT2D eigenvalue weighted by molar-refractivity contribution is -0.130. The first kappa shape index (κ1) is 19.2. The quantitative estimate of drug-likeness (QED) is 0.779. The third kappa shape index (κ3) is 3.14. The summed E-state index contributed by atoms with van der Waals surface area (Å²) in [6.45, 7) is 1.69. The number of hydrogen-bond donors (Lipinski definition) is 1. The molecule has 1 aliphatic rings. The second-order valence-electron chi connectivity index (χ2n) is 6.58. The smallest absolute Gasteiger partial charge is 0.325 e.